The summed E-state index contributed by atoms with van der Waals surface area (Å²) in [5, 5.41) is 30.5. The first kappa shape index (κ1) is 22.1. The Hall–Kier alpha value is -1.95. The molecule has 0 fully saturated rings. The number of hydrogen-bond acceptors (Lipinski definition) is 4. The first-order chi connectivity index (χ1) is 11.9. The van der Waals surface area contributed by atoms with Gasteiger partial charge in [0.1, 0.15) is 5.82 Å². The third-order valence-electron chi connectivity index (χ3n) is 4.67. The summed E-state index contributed by atoms with van der Waals surface area (Å²) >= 11 is 0. The van der Waals surface area contributed by atoms with Gasteiger partial charge in [-0.3, -0.25) is 0 Å². The van der Waals surface area contributed by atoms with Gasteiger partial charge < -0.3 is 20.0 Å². The van der Waals surface area contributed by atoms with Crippen molar-refractivity contribution in [2.24, 2.45) is 0 Å². The summed E-state index contributed by atoms with van der Waals surface area (Å²) in [6, 6.07) is 5.52. The van der Waals surface area contributed by atoms with Gasteiger partial charge in [0.05, 0.1) is 23.8 Å². The number of carbonyl (C=O) groups is 1. The van der Waals surface area contributed by atoms with E-state index < -0.39 is 32.4 Å². The minimum Gasteiger partial charge on any atom is -0.465 e. The first-order valence-corrected chi connectivity index (χ1v) is 11.3. The highest BCUT2D eigenvalue weighted by atomic mass is 28.4. The van der Waals surface area contributed by atoms with Crippen molar-refractivity contribution in [2.45, 2.75) is 57.5 Å². The molecule has 6 nitrogen and oxygen atoms in total. The van der Waals surface area contributed by atoms with E-state index in [2.05, 4.69) is 26.1 Å². The molecule has 0 saturated heterocycles. The Kier molecular flexibility index (Phi) is 7.32. The molecule has 2 atom stereocenters. The Balaban J connectivity index is 2.99. The molecule has 0 radical (unpaired) electrons. The Morgan fingerprint density at radius 3 is 2.50 bits per heavy atom. The molecule has 0 aliphatic rings. The molecule has 0 heterocycles. The number of nitrogens with one attached hydrogen (secondary N) is 1. The fourth-order valence-electron chi connectivity index (χ4n) is 2.22. The Morgan fingerprint density at radius 2 is 2.00 bits per heavy atom. The minimum absolute atomic E-state index is 0.0132. The first-order valence-electron chi connectivity index (χ1n) is 8.39. The lowest BCUT2D eigenvalue weighted by Gasteiger charge is -2.39. The molecule has 0 bridgehead atoms. The van der Waals surface area contributed by atoms with Crippen molar-refractivity contribution in [1.29, 1.82) is 5.26 Å². The maximum absolute atomic E-state index is 13.6. The quantitative estimate of drug-likeness (QED) is 0.623. The number of rotatable bonds is 7. The molecule has 3 N–H and O–H groups in total. The van der Waals surface area contributed by atoms with E-state index in [1.165, 1.54) is 12.1 Å². The van der Waals surface area contributed by atoms with E-state index in [4.69, 9.17) is 14.8 Å². The van der Waals surface area contributed by atoms with Crippen LogP contribution in [-0.4, -0.2) is 37.3 Å². The topological polar surface area (TPSA) is 103 Å². The number of halogens is 1. The zero-order valence-electron chi connectivity index (χ0n) is 15.8. The summed E-state index contributed by atoms with van der Waals surface area (Å²) in [5.74, 6) is -0.608. The lowest BCUT2D eigenvalue weighted by atomic mass is 10.0. The van der Waals surface area contributed by atoms with E-state index >= 15 is 0 Å². The molecule has 144 valence electrons. The number of aliphatic hydroxyl groups is 1. The van der Waals surface area contributed by atoms with Crippen molar-refractivity contribution in [3.8, 4) is 6.07 Å². The lowest BCUT2D eigenvalue weighted by molar-refractivity contribution is 0.0846. The lowest BCUT2D eigenvalue weighted by Crippen LogP contribution is -2.47. The van der Waals surface area contributed by atoms with Crippen molar-refractivity contribution in [2.75, 3.05) is 6.54 Å². The second-order valence-electron chi connectivity index (χ2n) is 7.82. The Bertz CT molecular complexity index is 683. The van der Waals surface area contributed by atoms with Gasteiger partial charge in [0.2, 0.25) is 0 Å². The standard InChI is InChI=1S/C18H27FN2O4Si/c1-18(2,3)26(4,5)25-15(11-21-17(23)24)9-16(22)13-6-12(10-20)7-14(19)8-13/h6-8,15-16,21-22H,9,11H2,1-5H3,(H,23,24)/t15-,16?/m1/s1. The third kappa shape index (κ3) is 6.41. The zero-order valence-corrected chi connectivity index (χ0v) is 16.8. The maximum Gasteiger partial charge on any atom is 0.404 e. The highest BCUT2D eigenvalue weighted by molar-refractivity contribution is 6.74. The average molecular weight is 383 g/mol. The monoisotopic (exact) mass is 382 g/mol. The highest BCUT2D eigenvalue weighted by Gasteiger charge is 2.39. The van der Waals surface area contributed by atoms with Crippen LogP contribution < -0.4 is 5.32 Å². The Morgan fingerprint density at radius 1 is 1.38 bits per heavy atom. The van der Waals surface area contributed by atoms with E-state index in [9.17, 15) is 14.3 Å². The van der Waals surface area contributed by atoms with E-state index in [1.807, 2.05) is 19.2 Å². The predicted molar refractivity (Wildman–Crippen MR) is 98.8 cm³/mol. The molecule has 0 aliphatic heterocycles. The van der Waals surface area contributed by atoms with Crippen LogP contribution in [0.5, 0.6) is 0 Å². The van der Waals surface area contributed by atoms with E-state index in [0.717, 1.165) is 6.07 Å². The average Bonchev–Trinajstić information content (AvgIpc) is 2.50. The van der Waals surface area contributed by atoms with Crippen molar-refractivity contribution >= 4 is 14.4 Å². The van der Waals surface area contributed by atoms with Gasteiger partial charge in [0, 0.05) is 13.0 Å². The van der Waals surface area contributed by atoms with Gasteiger partial charge >= 0.3 is 6.09 Å². The van der Waals surface area contributed by atoms with Crippen LogP contribution in [0.25, 0.3) is 0 Å². The molecule has 0 aliphatic carbocycles. The van der Waals surface area contributed by atoms with Crippen LogP contribution in [0.1, 0.15) is 44.4 Å². The molecular formula is C18H27FN2O4Si. The van der Waals surface area contributed by atoms with Crippen LogP contribution in [0.3, 0.4) is 0 Å². The summed E-state index contributed by atoms with van der Waals surface area (Å²) in [7, 11) is -2.21. The van der Waals surface area contributed by atoms with Crippen molar-refractivity contribution in [1.82, 2.24) is 5.32 Å². The van der Waals surface area contributed by atoms with E-state index in [0.29, 0.717) is 0 Å². The number of hydrogen-bond donors (Lipinski definition) is 3. The second-order valence-corrected chi connectivity index (χ2v) is 12.6. The van der Waals surface area contributed by atoms with Crippen LogP contribution in [0.15, 0.2) is 18.2 Å². The molecule has 1 unspecified atom stereocenters. The molecular weight excluding hydrogens is 355 g/mol. The predicted octanol–water partition coefficient (Wildman–Crippen LogP) is 3.78. The van der Waals surface area contributed by atoms with E-state index in [1.54, 1.807) is 0 Å². The van der Waals surface area contributed by atoms with Gasteiger partial charge in [0.15, 0.2) is 8.32 Å². The fraction of sp³-hybridized carbons (Fsp3) is 0.556. The van der Waals surface area contributed by atoms with Crippen LogP contribution in [0.2, 0.25) is 18.1 Å². The molecule has 8 heteroatoms. The number of nitriles is 1. The van der Waals surface area contributed by atoms with Gasteiger partial charge in [-0.2, -0.15) is 5.26 Å². The largest absolute Gasteiger partial charge is 0.465 e. The summed E-state index contributed by atoms with van der Waals surface area (Å²) in [5.41, 5.74) is 0.380. The SMILES string of the molecule is CC(C)(C)[Si](C)(C)O[C@@H](CNC(=O)O)CC(O)c1cc(F)cc(C#N)c1. The summed E-state index contributed by atoms with van der Waals surface area (Å²) in [6.07, 6.45) is -2.75. The molecule has 0 saturated carbocycles. The molecule has 0 spiro atoms. The third-order valence-corrected chi connectivity index (χ3v) is 9.20. The van der Waals surface area contributed by atoms with Gasteiger partial charge in [-0.05, 0) is 41.9 Å². The summed E-state index contributed by atoms with van der Waals surface area (Å²) < 4.78 is 19.8. The number of aliphatic hydroxyl groups excluding tert-OH is 1. The van der Waals surface area contributed by atoms with Crippen LogP contribution in [-0.2, 0) is 4.43 Å². The summed E-state index contributed by atoms with van der Waals surface area (Å²) in [6.45, 7) is 10.3. The van der Waals surface area contributed by atoms with Gasteiger partial charge in [-0.1, -0.05) is 20.8 Å². The molecule has 1 amide bonds. The summed E-state index contributed by atoms with van der Waals surface area (Å²) in [4.78, 5) is 10.8. The Labute approximate surface area is 154 Å². The van der Waals surface area contributed by atoms with Crippen LogP contribution in [0.4, 0.5) is 9.18 Å². The number of benzene rings is 1. The van der Waals surface area contributed by atoms with Crippen molar-refractivity contribution in [3.05, 3.63) is 35.1 Å². The van der Waals surface area contributed by atoms with Gasteiger partial charge in [0.25, 0.3) is 0 Å². The minimum atomic E-state index is -2.21. The van der Waals surface area contributed by atoms with Crippen molar-refractivity contribution in [3.63, 3.8) is 0 Å². The van der Waals surface area contributed by atoms with E-state index in [-0.39, 0.29) is 29.1 Å². The molecule has 1 aromatic rings. The number of amides is 1. The normalized spacial score (nSPS) is 14.4. The molecule has 0 aromatic heterocycles. The number of nitrogens with zero attached hydrogens (tertiary/aromatic N) is 1. The zero-order chi connectivity index (χ0) is 20.1. The van der Waals surface area contributed by atoms with Crippen LogP contribution >= 0.6 is 0 Å². The highest BCUT2D eigenvalue weighted by Crippen LogP contribution is 2.38. The maximum atomic E-state index is 13.6. The van der Waals surface area contributed by atoms with Crippen molar-refractivity contribution < 1.29 is 23.8 Å². The van der Waals surface area contributed by atoms with Gasteiger partial charge in [-0.15, -0.1) is 0 Å². The second kappa shape index (κ2) is 8.62. The molecule has 1 aromatic carbocycles. The smallest absolute Gasteiger partial charge is 0.404 e. The molecule has 26 heavy (non-hydrogen) atoms. The molecule has 1 rings (SSSR count). The fourth-order valence-corrected chi connectivity index (χ4v) is 3.59. The van der Waals surface area contributed by atoms with Gasteiger partial charge in [-0.25, -0.2) is 9.18 Å². The number of carboxylic acid groups (broad SMARTS) is 1. The van der Waals surface area contributed by atoms with Crippen LogP contribution in [0, 0.1) is 17.1 Å².